The molecule has 1 aliphatic rings. The highest BCUT2D eigenvalue weighted by Crippen LogP contribution is 2.40. The topological polar surface area (TPSA) is 57.0 Å². The van der Waals surface area contributed by atoms with Crippen LogP contribution in [-0.2, 0) is 38.8 Å². The molecule has 0 amide bonds. The lowest BCUT2D eigenvalue weighted by Gasteiger charge is -2.24. The summed E-state index contributed by atoms with van der Waals surface area (Å²) in [7, 11) is 1.59. The molecule has 5 nitrogen and oxygen atoms in total. The third-order valence-corrected chi connectivity index (χ3v) is 9.07. The van der Waals surface area contributed by atoms with Crippen LogP contribution in [0.1, 0.15) is 60.6 Å². The van der Waals surface area contributed by atoms with Crippen LogP contribution >= 0.6 is 0 Å². The Labute approximate surface area is 193 Å². The average molecular weight is 451 g/mol. The van der Waals surface area contributed by atoms with Crippen molar-refractivity contribution in [2.75, 3.05) is 18.6 Å². The van der Waals surface area contributed by atoms with E-state index in [2.05, 4.69) is 74.0 Å². The Bertz CT molecular complexity index is 1090. The van der Waals surface area contributed by atoms with Gasteiger partial charge < -0.3 is 4.74 Å². The summed E-state index contributed by atoms with van der Waals surface area (Å²) in [5.74, 6) is 2.88. The predicted molar refractivity (Wildman–Crippen MR) is 130 cm³/mol. The molecule has 0 saturated carbocycles. The zero-order chi connectivity index (χ0) is 22.9. The van der Waals surface area contributed by atoms with Gasteiger partial charge in [-0.1, -0.05) is 47.7 Å². The lowest BCUT2D eigenvalue weighted by atomic mass is 9.82. The van der Waals surface area contributed by atoms with E-state index in [-0.39, 0.29) is 27.7 Å². The van der Waals surface area contributed by atoms with Crippen molar-refractivity contribution in [1.29, 1.82) is 0 Å². The molecule has 0 N–H and O–H groups in total. The van der Waals surface area contributed by atoms with Gasteiger partial charge in [0.05, 0.1) is 41.4 Å². The normalized spacial score (nSPS) is 19.1. The molecule has 1 unspecified atom stereocenters. The largest absolute Gasteiger partial charge is 0.465 e. The molecule has 0 spiro atoms. The van der Waals surface area contributed by atoms with Crippen LogP contribution in [0.3, 0.4) is 0 Å². The Morgan fingerprint density at radius 1 is 0.969 bits per heavy atom. The lowest BCUT2D eigenvalue weighted by Crippen LogP contribution is -2.32. The van der Waals surface area contributed by atoms with Crippen LogP contribution in [0, 0.1) is 0 Å². The molecule has 1 aromatic heterocycles. The first kappa shape index (κ1) is 22.6. The summed E-state index contributed by atoms with van der Waals surface area (Å²) in [6.45, 7) is 10.0. The fourth-order valence-electron chi connectivity index (χ4n) is 4.71. The number of ether oxygens (including phenoxy) is 1. The molecule has 0 aliphatic carbocycles. The van der Waals surface area contributed by atoms with Crippen LogP contribution in [-0.4, -0.2) is 39.6 Å². The molecule has 0 fully saturated rings. The van der Waals surface area contributed by atoms with Crippen molar-refractivity contribution < 1.29 is 9.53 Å². The molecular formula is C26H32N3O2S+. The molecule has 2 heterocycles. The lowest BCUT2D eigenvalue weighted by molar-refractivity contribution is 0.0600. The summed E-state index contributed by atoms with van der Waals surface area (Å²) in [4.78, 5) is 11.8. The Morgan fingerprint density at radius 3 is 2.28 bits per heavy atom. The molecule has 4 rings (SSSR count). The first-order chi connectivity index (χ1) is 15.2. The second kappa shape index (κ2) is 8.74. The van der Waals surface area contributed by atoms with Gasteiger partial charge in [0.2, 0.25) is 0 Å². The fourth-order valence-corrected chi connectivity index (χ4v) is 7.99. The van der Waals surface area contributed by atoms with Crippen LogP contribution < -0.4 is 0 Å². The molecule has 3 aromatic rings. The fraction of sp³-hybridized carbons (Fsp3) is 0.423. The molecule has 0 saturated heterocycles. The average Bonchev–Trinajstić information content (AvgIpc) is 3.16. The van der Waals surface area contributed by atoms with E-state index in [1.165, 1.54) is 23.9 Å². The first-order valence-corrected chi connectivity index (χ1v) is 12.7. The highest BCUT2D eigenvalue weighted by molar-refractivity contribution is 7.96. The van der Waals surface area contributed by atoms with Crippen LogP contribution in [0.5, 0.6) is 0 Å². The Hall–Kier alpha value is -2.60. The van der Waals surface area contributed by atoms with Crippen molar-refractivity contribution >= 4 is 16.9 Å². The van der Waals surface area contributed by atoms with E-state index in [0.29, 0.717) is 5.56 Å². The highest BCUT2D eigenvalue weighted by atomic mass is 32.2. The number of rotatable bonds is 5. The second-order valence-electron chi connectivity index (χ2n) is 9.93. The molecule has 1 atom stereocenters. The summed E-state index contributed by atoms with van der Waals surface area (Å²) >= 11 is 0. The highest BCUT2D eigenvalue weighted by Gasteiger charge is 2.47. The molecule has 168 valence electrons. The van der Waals surface area contributed by atoms with E-state index < -0.39 is 0 Å². The zero-order valence-electron chi connectivity index (χ0n) is 19.6. The van der Waals surface area contributed by atoms with Gasteiger partial charge in [-0.05, 0) is 56.3 Å². The molecule has 6 heteroatoms. The van der Waals surface area contributed by atoms with Gasteiger partial charge in [0.15, 0.2) is 0 Å². The van der Waals surface area contributed by atoms with Crippen molar-refractivity contribution in [2.24, 2.45) is 0 Å². The number of aromatic nitrogens is 3. The van der Waals surface area contributed by atoms with Gasteiger partial charge in [-0.3, -0.25) is 0 Å². The molecule has 0 radical (unpaired) electrons. The number of fused-ring (bicyclic) bond motifs is 1. The minimum absolute atomic E-state index is 0.0313. The molecule has 0 bridgehead atoms. The van der Waals surface area contributed by atoms with Gasteiger partial charge in [0.1, 0.15) is 17.3 Å². The summed E-state index contributed by atoms with van der Waals surface area (Å²) < 4.78 is 6.94. The number of carbonyl (C=O) groups is 1. The van der Waals surface area contributed by atoms with E-state index in [1.54, 1.807) is 0 Å². The molecule has 1 aliphatic heterocycles. The number of hydrogen-bond acceptors (Lipinski definition) is 4. The quantitative estimate of drug-likeness (QED) is 0.424. The first-order valence-electron chi connectivity index (χ1n) is 11.0. The summed E-state index contributed by atoms with van der Waals surface area (Å²) in [6, 6.07) is 18.3. The van der Waals surface area contributed by atoms with Crippen LogP contribution in [0.4, 0.5) is 0 Å². The monoisotopic (exact) mass is 450 g/mol. The van der Waals surface area contributed by atoms with E-state index in [9.17, 15) is 4.79 Å². The van der Waals surface area contributed by atoms with E-state index in [1.807, 2.05) is 18.2 Å². The number of carbonyl (C=O) groups excluding carboxylic acids is 1. The van der Waals surface area contributed by atoms with Crippen molar-refractivity contribution in [2.45, 2.75) is 50.8 Å². The second-order valence-corrected chi connectivity index (χ2v) is 12.0. The van der Waals surface area contributed by atoms with Gasteiger partial charge in [0.25, 0.3) is 0 Å². The number of methoxy groups -OCH3 is 1. The van der Waals surface area contributed by atoms with E-state index >= 15 is 0 Å². The summed E-state index contributed by atoms with van der Waals surface area (Å²) in [5.41, 5.74) is 5.42. The van der Waals surface area contributed by atoms with Crippen molar-refractivity contribution in [1.82, 2.24) is 15.0 Å². The summed E-state index contributed by atoms with van der Waals surface area (Å²) in [5, 5.41) is 9.30. The smallest absolute Gasteiger partial charge is 0.337 e. The van der Waals surface area contributed by atoms with Gasteiger partial charge >= 0.3 is 5.97 Å². The minimum atomic E-state index is -0.291. The Kier molecular flexibility index (Phi) is 6.17. The maximum atomic E-state index is 11.8. The van der Waals surface area contributed by atoms with Crippen molar-refractivity contribution in [3.63, 3.8) is 0 Å². The SMILES string of the molecule is COC(=O)c1ccc(C[S+]2CC(C)(C)c3nnn(Cc4ccccc4)c3C(C)(C)C2)cc1. The maximum absolute atomic E-state index is 11.8. The third kappa shape index (κ3) is 4.60. The van der Waals surface area contributed by atoms with Crippen molar-refractivity contribution in [3.8, 4) is 0 Å². The van der Waals surface area contributed by atoms with Gasteiger partial charge in [-0.2, -0.15) is 0 Å². The number of benzene rings is 2. The van der Waals surface area contributed by atoms with E-state index in [4.69, 9.17) is 9.84 Å². The zero-order valence-corrected chi connectivity index (χ0v) is 20.4. The summed E-state index contributed by atoms with van der Waals surface area (Å²) in [6.07, 6.45) is 0. The standard InChI is InChI=1S/C26H32N3O2S/c1-25(2)17-32(16-20-11-13-21(14-12-20)24(30)31-5)18-26(3,4)23-22(25)27-28-29(23)15-19-9-7-6-8-10-19/h6-14H,15-18H2,1-5H3/q+1. The van der Waals surface area contributed by atoms with Gasteiger partial charge in [-0.25, -0.2) is 9.48 Å². The number of nitrogens with zero attached hydrogens (tertiary/aromatic N) is 3. The van der Waals surface area contributed by atoms with Crippen LogP contribution in [0.15, 0.2) is 54.6 Å². The van der Waals surface area contributed by atoms with Gasteiger partial charge in [-0.15, -0.1) is 5.10 Å². The van der Waals surface area contributed by atoms with Crippen LogP contribution in [0.2, 0.25) is 0 Å². The molecular weight excluding hydrogens is 418 g/mol. The predicted octanol–water partition coefficient (Wildman–Crippen LogP) is 4.50. The molecule has 2 aromatic carbocycles. The van der Waals surface area contributed by atoms with Crippen LogP contribution in [0.25, 0.3) is 0 Å². The maximum Gasteiger partial charge on any atom is 0.337 e. The number of hydrogen-bond donors (Lipinski definition) is 0. The minimum Gasteiger partial charge on any atom is -0.465 e. The third-order valence-electron chi connectivity index (χ3n) is 6.07. The Morgan fingerprint density at radius 2 is 1.62 bits per heavy atom. The Balaban J connectivity index is 1.60. The van der Waals surface area contributed by atoms with Gasteiger partial charge in [0, 0.05) is 5.56 Å². The molecule has 32 heavy (non-hydrogen) atoms. The van der Waals surface area contributed by atoms with E-state index in [0.717, 1.165) is 29.5 Å². The number of esters is 1. The van der Waals surface area contributed by atoms with Crippen molar-refractivity contribution in [3.05, 3.63) is 82.7 Å².